The van der Waals surface area contributed by atoms with Crippen molar-refractivity contribution in [3.05, 3.63) is 132 Å². The maximum atomic E-state index is 13.4. The van der Waals surface area contributed by atoms with Crippen molar-refractivity contribution in [2.75, 3.05) is 11.5 Å². The molecular formula is C38H28N2O5. The van der Waals surface area contributed by atoms with Gasteiger partial charge in [0.2, 0.25) is 11.8 Å². The van der Waals surface area contributed by atoms with Gasteiger partial charge in [-0.25, -0.2) is 9.78 Å². The lowest BCUT2D eigenvalue weighted by Crippen LogP contribution is -2.30. The number of benzene rings is 4. The molecule has 2 aliphatic rings. The van der Waals surface area contributed by atoms with Crippen LogP contribution >= 0.6 is 0 Å². The summed E-state index contributed by atoms with van der Waals surface area (Å²) in [4.78, 5) is 58.4. The summed E-state index contributed by atoms with van der Waals surface area (Å²) in [5, 5.41) is 0.604. The Morgan fingerprint density at radius 2 is 1.31 bits per heavy atom. The number of hydrogen-bond acceptors (Lipinski definition) is 6. The minimum Gasteiger partial charge on any atom is -0.454 e. The molecule has 7 heteroatoms. The molecule has 1 fully saturated rings. The van der Waals surface area contributed by atoms with Crippen LogP contribution in [0.3, 0.4) is 0 Å². The number of fused-ring (bicyclic) bond motifs is 2. The van der Waals surface area contributed by atoms with Crippen LogP contribution in [-0.2, 0) is 14.3 Å². The molecule has 0 N–H and O–H groups in total. The summed E-state index contributed by atoms with van der Waals surface area (Å²) >= 11 is 0. The van der Waals surface area contributed by atoms with Gasteiger partial charge in [0.1, 0.15) is 0 Å². The van der Waals surface area contributed by atoms with Crippen molar-refractivity contribution in [3.8, 4) is 22.4 Å². The van der Waals surface area contributed by atoms with Gasteiger partial charge in [-0.1, -0.05) is 97.1 Å². The highest BCUT2D eigenvalue weighted by Crippen LogP contribution is 2.38. The van der Waals surface area contributed by atoms with Gasteiger partial charge in [-0.2, -0.15) is 0 Å². The first-order chi connectivity index (χ1) is 22.0. The maximum absolute atomic E-state index is 13.4. The van der Waals surface area contributed by atoms with Crippen LogP contribution in [0.1, 0.15) is 33.6 Å². The SMILES string of the molecule is O=C(COC(=O)c1cc(-c2ccc(N3C(=O)C4CC=CCC4C3=O)cc2)nc2ccccc12)c1ccc(-c2ccccc2)cc1. The number of para-hydroxylation sites is 1. The summed E-state index contributed by atoms with van der Waals surface area (Å²) in [6.45, 7) is -0.403. The van der Waals surface area contributed by atoms with Crippen LogP contribution in [0.5, 0.6) is 0 Å². The fourth-order valence-corrected chi connectivity index (χ4v) is 6.10. The number of hydrogen-bond donors (Lipinski definition) is 0. The first-order valence-corrected chi connectivity index (χ1v) is 14.9. The molecule has 4 aromatic carbocycles. The number of pyridine rings is 1. The molecule has 220 valence electrons. The van der Waals surface area contributed by atoms with Gasteiger partial charge in [-0.15, -0.1) is 0 Å². The molecule has 0 spiro atoms. The van der Waals surface area contributed by atoms with E-state index in [9.17, 15) is 19.2 Å². The number of ether oxygens (including phenoxy) is 1. The smallest absolute Gasteiger partial charge is 0.339 e. The number of anilines is 1. The highest BCUT2D eigenvalue weighted by molar-refractivity contribution is 6.22. The van der Waals surface area contributed by atoms with E-state index in [1.54, 1.807) is 54.6 Å². The predicted octanol–water partition coefficient (Wildman–Crippen LogP) is 7.06. The zero-order valence-corrected chi connectivity index (χ0v) is 24.3. The van der Waals surface area contributed by atoms with Crippen LogP contribution in [0.15, 0.2) is 121 Å². The molecule has 2 unspecified atom stereocenters. The third-order valence-corrected chi connectivity index (χ3v) is 8.51. The molecule has 1 aliphatic carbocycles. The highest BCUT2D eigenvalue weighted by atomic mass is 16.5. The number of carbonyl (C=O) groups is 4. The van der Waals surface area contributed by atoms with Crippen LogP contribution in [0, 0.1) is 11.8 Å². The molecule has 7 rings (SSSR count). The zero-order chi connectivity index (χ0) is 30.9. The molecule has 2 amide bonds. The van der Waals surface area contributed by atoms with Crippen molar-refractivity contribution >= 4 is 40.2 Å². The molecule has 1 aromatic heterocycles. The standard InChI is InChI=1S/C38H28N2O5/c41-35(27-16-14-25(15-17-27)24-8-2-1-3-9-24)23-45-38(44)32-22-34(39-33-13-7-6-10-29(32)33)26-18-20-28(21-19-26)40-36(42)30-11-4-5-12-31(30)37(40)43/h1-10,13-22,30-31H,11-12,23H2. The van der Waals surface area contributed by atoms with Crippen molar-refractivity contribution in [1.82, 2.24) is 4.98 Å². The lowest BCUT2D eigenvalue weighted by Gasteiger charge is -2.15. The second kappa shape index (κ2) is 11.8. The number of aromatic nitrogens is 1. The monoisotopic (exact) mass is 592 g/mol. The normalized spacial score (nSPS) is 17.4. The molecule has 0 bridgehead atoms. The van der Waals surface area contributed by atoms with E-state index >= 15 is 0 Å². The van der Waals surface area contributed by atoms with Gasteiger partial charge >= 0.3 is 5.97 Å². The second-order valence-electron chi connectivity index (χ2n) is 11.2. The molecule has 5 aromatic rings. The fraction of sp³-hybridized carbons (Fsp3) is 0.132. The summed E-state index contributed by atoms with van der Waals surface area (Å²) in [5.74, 6) is -1.89. The molecule has 45 heavy (non-hydrogen) atoms. The quantitative estimate of drug-likeness (QED) is 0.0869. The molecular weight excluding hydrogens is 564 g/mol. The van der Waals surface area contributed by atoms with E-state index in [0.29, 0.717) is 46.3 Å². The number of ketones is 1. The van der Waals surface area contributed by atoms with Crippen LogP contribution in [0.25, 0.3) is 33.3 Å². The Morgan fingerprint density at radius 3 is 2.00 bits per heavy atom. The van der Waals surface area contributed by atoms with E-state index < -0.39 is 12.6 Å². The zero-order valence-electron chi connectivity index (χ0n) is 24.3. The summed E-state index contributed by atoms with van der Waals surface area (Å²) in [7, 11) is 0. The van der Waals surface area contributed by atoms with Crippen LogP contribution in [0.2, 0.25) is 0 Å². The van der Waals surface area contributed by atoms with E-state index in [2.05, 4.69) is 0 Å². The average molecular weight is 593 g/mol. The van der Waals surface area contributed by atoms with Crippen molar-refractivity contribution in [3.63, 3.8) is 0 Å². The number of nitrogens with zero attached hydrogens (tertiary/aromatic N) is 2. The molecule has 7 nitrogen and oxygen atoms in total. The van der Waals surface area contributed by atoms with Gasteiger partial charge in [0, 0.05) is 16.5 Å². The number of imide groups is 1. The molecule has 2 atom stereocenters. The molecule has 2 heterocycles. The Morgan fingerprint density at radius 1 is 0.711 bits per heavy atom. The largest absolute Gasteiger partial charge is 0.454 e. The van der Waals surface area contributed by atoms with E-state index in [4.69, 9.17) is 9.72 Å². The van der Waals surface area contributed by atoms with Crippen molar-refractivity contribution < 1.29 is 23.9 Å². The fourth-order valence-electron chi connectivity index (χ4n) is 6.10. The number of amides is 2. The van der Waals surface area contributed by atoms with Crippen LogP contribution in [-0.4, -0.2) is 35.2 Å². The molecule has 0 saturated carbocycles. The van der Waals surface area contributed by atoms with E-state index in [1.165, 1.54) is 4.90 Å². The average Bonchev–Trinajstić information content (AvgIpc) is 3.36. The van der Waals surface area contributed by atoms with Crippen molar-refractivity contribution in [2.45, 2.75) is 12.8 Å². The summed E-state index contributed by atoms with van der Waals surface area (Å²) < 4.78 is 5.51. The van der Waals surface area contributed by atoms with Crippen molar-refractivity contribution in [1.29, 1.82) is 0 Å². The summed E-state index contributed by atoms with van der Waals surface area (Å²) in [6.07, 6.45) is 5.09. The van der Waals surface area contributed by atoms with Gasteiger partial charge < -0.3 is 4.74 Å². The van der Waals surface area contributed by atoms with Crippen molar-refractivity contribution in [2.24, 2.45) is 11.8 Å². The van der Waals surface area contributed by atoms with Gasteiger partial charge in [-0.05, 0) is 48.2 Å². The summed E-state index contributed by atoms with van der Waals surface area (Å²) in [5.41, 5.74) is 5.10. The van der Waals surface area contributed by atoms with E-state index in [0.717, 1.165) is 11.1 Å². The van der Waals surface area contributed by atoms with Crippen LogP contribution < -0.4 is 4.90 Å². The van der Waals surface area contributed by atoms with Gasteiger partial charge in [-0.3, -0.25) is 19.3 Å². The minimum absolute atomic E-state index is 0.169. The Kier molecular flexibility index (Phi) is 7.35. The molecule has 1 saturated heterocycles. The van der Waals surface area contributed by atoms with E-state index in [-0.39, 0.29) is 35.0 Å². The van der Waals surface area contributed by atoms with Gasteiger partial charge in [0.05, 0.1) is 34.3 Å². The predicted molar refractivity (Wildman–Crippen MR) is 172 cm³/mol. The molecule has 0 radical (unpaired) electrons. The number of rotatable bonds is 7. The van der Waals surface area contributed by atoms with Gasteiger partial charge in [0.15, 0.2) is 12.4 Å². The number of esters is 1. The Balaban J connectivity index is 1.10. The summed E-state index contributed by atoms with van der Waals surface area (Å²) in [6, 6.07) is 33.0. The number of allylic oxidation sites excluding steroid dienone is 2. The third-order valence-electron chi connectivity index (χ3n) is 8.51. The Labute approximate surface area is 259 Å². The first-order valence-electron chi connectivity index (χ1n) is 14.9. The Bertz CT molecular complexity index is 1960. The topological polar surface area (TPSA) is 93.6 Å². The first kappa shape index (κ1) is 28.1. The van der Waals surface area contributed by atoms with Crippen LogP contribution in [0.4, 0.5) is 5.69 Å². The van der Waals surface area contributed by atoms with Gasteiger partial charge in [0.25, 0.3) is 0 Å². The lowest BCUT2D eigenvalue weighted by molar-refractivity contribution is -0.122. The number of carbonyl (C=O) groups excluding carboxylic acids is 4. The number of Topliss-reactive ketones (excluding diaryl/α,β-unsaturated/α-hetero) is 1. The second-order valence-corrected chi connectivity index (χ2v) is 11.2. The van der Waals surface area contributed by atoms with E-state index in [1.807, 2.05) is 66.7 Å². The minimum atomic E-state index is -0.634. The lowest BCUT2D eigenvalue weighted by atomic mass is 9.85. The Hall–Kier alpha value is -5.69. The maximum Gasteiger partial charge on any atom is 0.339 e. The third kappa shape index (κ3) is 5.33. The molecule has 1 aliphatic heterocycles. The highest BCUT2D eigenvalue weighted by Gasteiger charge is 2.47.